The van der Waals surface area contributed by atoms with Crippen molar-refractivity contribution in [2.45, 2.75) is 57.8 Å². The number of amidine groups is 1. The second-order valence-corrected chi connectivity index (χ2v) is 7.37. The summed E-state index contributed by atoms with van der Waals surface area (Å²) in [6.45, 7) is 6.19. The second-order valence-electron chi connectivity index (χ2n) is 7.37. The summed E-state index contributed by atoms with van der Waals surface area (Å²) < 4.78 is 0. The quantitative estimate of drug-likeness (QED) is 0.353. The number of fused-ring (bicyclic) bond motifs is 1. The van der Waals surface area contributed by atoms with Gasteiger partial charge in [-0.2, -0.15) is 0 Å². The zero-order valence-electron chi connectivity index (χ0n) is 17.3. The molecule has 0 saturated carbocycles. The van der Waals surface area contributed by atoms with Crippen LogP contribution in [0, 0.1) is 0 Å². The highest BCUT2D eigenvalue weighted by Gasteiger charge is 2.10. The minimum absolute atomic E-state index is 0. The summed E-state index contributed by atoms with van der Waals surface area (Å²) in [4.78, 5) is 4.79. The largest absolute Gasteiger partial charge is 0.344 e. The molecule has 0 aliphatic carbocycles. The van der Waals surface area contributed by atoms with Crippen LogP contribution in [0.1, 0.15) is 56.9 Å². The molecule has 0 spiro atoms. The van der Waals surface area contributed by atoms with Gasteiger partial charge in [-0.1, -0.05) is 18.2 Å². The number of hydrogen-bond donors (Lipinski definition) is 4. The van der Waals surface area contributed by atoms with Crippen LogP contribution >= 0.6 is 12.4 Å². The molecule has 0 atom stereocenters. The van der Waals surface area contributed by atoms with Crippen molar-refractivity contribution in [1.82, 2.24) is 10.6 Å². The Kier molecular flexibility index (Phi) is 14.9. The summed E-state index contributed by atoms with van der Waals surface area (Å²) in [6.07, 6.45) is 10.6. The first-order valence-corrected chi connectivity index (χ1v) is 10.9. The Bertz CT molecular complexity index is 535. The SMILES string of the molecule is Cl.NCCCCNCCCCNCCCCN=C1CCCc2ccccc2N1. The maximum atomic E-state index is 5.48. The fraction of sp³-hybridized carbons (Fsp3) is 0.682. The molecule has 1 aromatic rings. The number of benzene rings is 1. The number of unbranched alkanes of at least 4 members (excludes halogenated alkanes) is 3. The molecule has 0 aromatic heterocycles. The van der Waals surface area contributed by atoms with Crippen LogP contribution in [-0.2, 0) is 6.42 Å². The van der Waals surface area contributed by atoms with E-state index in [2.05, 4.69) is 40.2 Å². The van der Waals surface area contributed by atoms with Gasteiger partial charge < -0.3 is 21.7 Å². The van der Waals surface area contributed by atoms with E-state index in [0.29, 0.717) is 0 Å². The topological polar surface area (TPSA) is 74.5 Å². The molecule has 5 nitrogen and oxygen atoms in total. The molecule has 0 fully saturated rings. The third kappa shape index (κ3) is 11.0. The molecular formula is C22H40ClN5. The molecule has 0 bridgehead atoms. The van der Waals surface area contributed by atoms with E-state index in [1.165, 1.54) is 43.4 Å². The third-order valence-corrected chi connectivity index (χ3v) is 4.99. The molecule has 28 heavy (non-hydrogen) atoms. The van der Waals surface area contributed by atoms with Gasteiger partial charge in [0.05, 0.1) is 0 Å². The molecule has 1 heterocycles. The molecular weight excluding hydrogens is 370 g/mol. The lowest BCUT2D eigenvalue weighted by Crippen LogP contribution is -2.21. The smallest absolute Gasteiger partial charge is 0.101 e. The van der Waals surface area contributed by atoms with E-state index in [9.17, 15) is 0 Å². The molecule has 160 valence electrons. The van der Waals surface area contributed by atoms with Crippen LogP contribution in [0.3, 0.4) is 0 Å². The van der Waals surface area contributed by atoms with Crippen molar-refractivity contribution >= 4 is 23.9 Å². The number of aliphatic imine (C=N–C) groups is 1. The Hall–Kier alpha value is -1.14. The average molecular weight is 410 g/mol. The zero-order valence-corrected chi connectivity index (χ0v) is 18.2. The second kappa shape index (κ2) is 16.8. The van der Waals surface area contributed by atoms with Crippen LogP contribution in [0.2, 0.25) is 0 Å². The molecule has 0 saturated heterocycles. The van der Waals surface area contributed by atoms with Crippen LogP contribution in [0.4, 0.5) is 5.69 Å². The molecule has 1 aromatic carbocycles. The number of rotatable bonds is 14. The fourth-order valence-electron chi connectivity index (χ4n) is 3.36. The number of para-hydroxylation sites is 1. The lowest BCUT2D eigenvalue weighted by molar-refractivity contribution is 0.558. The van der Waals surface area contributed by atoms with E-state index in [4.69, 9.17) is 10.7 Å². The van der Waals surface area contributed by atoms with E-state index in [-0.39, 0.29) is 12.4 Å². The highest BCUT2D eigenvalue weighted by atomic mass is 35.5. The molecule has 2 rings (SSSR count). The number of anilines is 1. The lowest BCUT2D eigenvalue weighted by atomic mass is 10.1. The Balaban J connectivity index is 0.00000392. The Morgan fingerprint density at radius 2 is 1.50 bits per heavy atom. The standard InChI is InChI=1S/C22H39N5.ClH/c23-14-3-4-15-24-16-5-6-17-25-18-7-8-19-26-22-13-9-11-20-10-1-2-12-21(20)27-22;/h1-2,10,12,24-25H,3-9,11,13-19,23H2,(H,26,27);1H. The number of nitrogens with two attached hydrogens (primary N) is 1. The van der Waals surface area contributed by atoms with Crippen LogP contribution in [0.15, 0.2) is 29.3 Å². The number of nitrogens with one attached hydrogen (secondary N) is 3. The lowest BCUT2D eigenvalue weighted by Gasteiger charge is -2.09. The van der Waals surface area contributed by atoms with E-state index >= 15 is 0 Å². The number of aryl methyl sites for hydroxylation is 1. The van der Waals surface area contributed by atoms with Crippen LogP contribution < -0.4 is 21.7 Å². The van der Waals surface area contributed by atoms with Gasteiger partial charge in [0.25, 0.3) is 0 Å². The van der Waals surface area contributed by atoms with Gasteiger partial charge in [0.1, 0.15) is 5.84 Å². The molecule has 5 N–H and O–H groups in total. The van der Waals surface area contributed by atoms with Gasteiger partial charge >= 0.3 is 0 Å². The van der Waals surface area contributed by atoms with Crippen molar-refractivity contribution in [2.75, 3.05) is 44.6 Å². The zero-order chi connectivity index (χ0) is 19.0. The average Bonchev–Trinajstić information content (AvgIpc) is 2.90. The van der Waals surface area contributed by atoms with Crippen LogP contribution in [-0.4, -0.2) is 45.1 Å². The van der Waals surface area contributed by atoms with E-state index in [1.54, 1.807) is 0 Å². The summed E-state index contributed by atoms with van der Waals surface area (Å²) in [5.74, 6) is 1.16. The van der Waals surface area contributed by atoms with Crippen LogP contribution in [0.25, 0.3) is 0 Å². The van der Waals surface area contributed by atoms with Crippen molar-refractivity contribution in [3.63, 3.8) is 0 Å². The Morgan fingerprint density at radius 1 is 0.857 bits per heavy atom. The molecule has 0 amide bonds. The Labute approximate surface area is 177 Å². The third-order valence-electron chi connectivity index (χ3n) is 4.99. The van der Waals surface area contributed by atoms with Gasteiger partial charge in [-0.15, -0.1) is 12.4 Å². The van der Waals surface area contributed by atoms with Gasteiger partial charge in [-0.25, -0.2) is 0 Å². The number of hydrogen-bond acceptors (Lipinski definition) is 4. The number of halogens is 1. The van der Waals surface area contributed by atoms with E-state index in [0.717, 1.165) is 70.8 Å². The van der Waals surface area contributed by atoms with Crippen molar-refractivity contribution in [1.29, 1.82) is 0 Å². The molecule has 0 radical (unpaired) electrons. The van der Waals surface area contributed by atoms with Crippen molar-refractivity contribution in [3.05, 3.63) is 29.8 Å². The minimum atomic E-state index is 0. The van der Waals surface area contributed by atoms with E-state index < -0.39 is 0 Å². The van der Waals surface area contributed by atoms with Gasteiger partial charge in [-0.3, -0.25) is 4.99 Å². The Morgan fingerprint density at radius 3 is 2.21 bits per heavy atom. The van der Waals surface area contributed by atoms with Gasteiger partial charge in [0.2, 0.25) is 0 Å². The predicted molar refractivity (Wildman–Crippen MR) is 125 cm³/mol. The van der Waals surface area contributed by atoms with Crippen LogP contribution in [0.5, 0.6) is 0 Å². The van der Waals surface area contributed by atoms with Gasteiger partial charge in [0, 0.05) is 18.7 Å². The summed E-state index contributed by atoms with van der Waals surface area (Å²) in [5.41, 5.74) is 8.14. The fourth-order valence-corrected chi connectivity index (χ4v) is 3.36. The highest BCUT2D eigenvalue weighted by molar-refractivity contribution is 5.96. The summed E-state index contributed by atoms with van der Waals surface area (Å²) in [7, 11) is 0. The first-order valence-electron chi connectivity index (χ1n) is 10.9. The van der Waals surface area contributed by atoms with Crippen molar-refractivity contribution < 1.29 is 0 Å². The molecule has 1 aliphatic heterocycles. The molecule has 6 heteroatoms. The predicted octanol–water partition coefficient (Wildman–Crippen LogP) is 3.73. The summed E-state index contributed by atoms with van der Waals surface area (Å²) in [5, 5.41) is 10.6. The molecule has 1 aliphatic rings. The monoisotopic (exact) mass is 409 g/mol. The maximum absolute atomic E-state index is 5.48. The summed E-state index contributed by atoms with van der Waals surface area (Å²) in [6, 6.07) is 8.60. The first-order chi connectivity index (χ1) is 13.4. The first kappa shape index (κ1) is 24.9. The maximum Gasteiger partial charge on any atom is 0.101 e. The molecule has 0 unspecified atom stereocenters. The van der Waals surface area contributed by atoms with E-state index in [1.807, 2.05) is 0 Å². The number of nitrogens with zero attached hydrogens (tertiary/aromatic N) is 1. The van der Waals surface area contributed by atoms with Gasteiger partial charge in [-0.05, 0) is 95.7 Å². The minimum Gasteiger partial charge on any atom is -0.344 e. The van der Waals surface area contributed by atoms with Crippen molar-refractivity contribution in [3.8, 4) is 0 Å². The van der Waals surface area contributed by atoms with Gasteiger partial charge in [0.15, 0.2) is 0 Å². The summed E-state index contributed by atoms with van der Waals surface area (Å²) >= 11 is 0. The highest BCUT2D eigenvalue weighted by Crippen LogP contribution is 2.21. The van der Waals surface area contributed by atoms with Crippen molar-refractivity contribution in [2.24, 2.45) is 10.7 Å². The normalized spacial score (nSPS) is 14.8.